The van der Waals surface area contributed by atoms with Crippen LogP contribution in [0.2, 0.25) is 0 Å². The van der Waals surface area contributed by atoms with Gasteiger partial charge in [0.2, 0.25) is 5.95 Å². The number of hydroxylamine groups is 2. The van der Waals surface area contributed by atoms with Crippen LogP contribution < -0.4 is 4.90 Å². The summed E-state index contributed by atoms with van der Waals surface area (Å²) in [7, 11) is 0. The number of hydrogen-bond acceptors (Lipinski definition) is 6. The van der Waals surface area contributed by atoms with Crippen molar-refractivity contribution in [3.63, 3.8) is 0 Å². The number of nitrogens with zero attached hydrogens (tertiary/aromatic N) is 4. The minimum Gasteiger partial charge on any atom is -0.336 e. The van der Waals surface area contributed by atoms with Gasteiger partial charge in [-0.05, 0) is 42.5 Å². The Morgan fingerprint density at radius 2 is 1.86 bits per heavy atom. The van der Waals surface area contributed by atoms with E-state index in [1.54, 1.807) is 11.3 Å². The summed E-state index contributed by atoms with van der Waals surface area (Å²) < 4.78 is 0. The summed E-state index contributed by atoms with van der Waals surface area (Å²) in [4.78, 5) is 19.1. The van der Waals surface area contributed by atoms with Gasteiger partial charge in [0.15, 0.2) is 0 Å². The monoisotopic (exact) mass is 392 g/mol. The Labute approximate surface area is 169 Å². The Hall–Kier alpha value is -2.28. The lowest BCUT2D eigenvalue weighted by atomic mass is 9.92. The van der Waals surface area contributed by atoms with Crippen molar-refractivity contribution in [2.45, 2.75) is 26.5 Å². The molecule has 3 aromatic rings. The van der Waals surface area contributed by atoms with E-state index in [1.165, 1.54) is 16.0 Å². The third-order valence-electron chi connectivity index (χ3n) is 5.64. The maximum atomic E-state index is 6.21. The molecular formula is C22H24N4OS. The smallest absolute Gasteiger partial charge is 0.226 e. The molecule has 0 aliphatic carbocycles. The summed E-state index contributed by atoms with van der Waals surface area (Å²) in [6.45, 7) is 7.57. The van der Waals surface area contributed by atoms with Gasteiger partial charge in [-0.3, -0.25) is 4.84 Å². The highest BCUT2D eigenvalue weighted by Crippen LogP contribution is 2.35. The van der Waals surface area contributed by atoms with Crippen LogP contribution in [-0.2, 0) is 11.4 Å². The molecule has 5 rings (SSSR count). The van der Waals surface area contributed by atoms with E-state index in [9.17, 15) is 0 Å². The van der Waals surface area contributed by atoms with Crippen LogP contribution >= 0.6 is 11.3 Å². The van der Waals surface area contributed by atoms with Gasteiger partial charge >= 0.3 is 0 Å². The first kappa shape index (κ1) is 17.8. The molecule has 144 valence electrons. The third kappa shape index (κ3) is 3.32. The van der Waals surface area contributed by atoms with Gasteiger partial charge in [0.1, 0.15) is 0 Å². The number of aryl methyl sites for hydroxylation is 2. The maximum Gasteiger partial charge on any atom is 0.226 e. The summed E-state index contributed by atoms with van der Waals surface area (Å²) in [6.07, 6.45) is 0. The van der Waals surface area contributed by atoms with E-state index < -0.39 is 0 Å². The summed E-state index contributed by atoms with van der Waals surface area (Å²) in [5.41, 5.74) is 4.56. The van der Waals surface area contributed by atoms with E-state index in [4.69, 9.17) is 4.84 Å². The first-order valence-corrected chi connectivity index (χ1v) is 10.6. The quantitative estimate of drug-likeness (QED) is 0.655. The Morgan fingerprint density at radius 3 is 2.64 bits per heavy atom. The van der Waals surface area contributed by atoms with E-state index in [0.717, 1.165) is 37.0 Å². The van der Waals surface area contributed by atoms with E-state index >= 15 is 0 Å². The zero-order valence-electron chi connectivity index (χ0n) is 16.2. The van der Waals surface area contributed by atoms with E-state index in [2.05, 4.69) is 61.7 Å². The first-order valence-electron chi connectivity index (χ1n) is 9.76. The van der Waals surface area contributed by atoms with Gasteiger partial charge in [0, 0.05) is 41.8 Å². The van der Waals surface area contributed by atoms with Crippen molar-refractivity contribution in [2.24, 2.45) is 5.92 Å². The molecule has 2 atom stereocenters. The van der Waals surface area contributed by atoms with Crippen molar-refractivity contribution in [1.82, 2.24) is 15.0 Å². The molecule has 1 aromatic carbocycles. The van der Waals surface area contributed by atoms with Crippen molar-refractivity contribution in [3.8, 4) is 10.4 Å². The van der Waals surface area contributed by atoms with E-state index in [1.807, 2.05) is 19.9 Å². The highest BCUT2D eigenvalue weighted by molar-refractivity contribution is 7.13. The second kappa shape index (κ2) is 7.28. The van der Waals surface area contributed by atoms with Crippen LogP contribution in [0.5, 0.6) is 0 Å². The molecule has 0 amide bonds. The molecule has 2 saturated heterocycles. The highest BCUT2D eigenvalue weighted by atomic mass is 32.1. The minimum atomic E-state index is 0.453. The Morgan fingerprint density at radius 1 is 1.04 bits per heavy atom. The molecule has 28 heavy (non-hydrogen) atoms. The van der Waals surface area contributed by atoms with Crippen molar-refractivity contribution in [2.75, 3.05) is 24.5 Å². The number of rotatable bonds is 5. The predicted octanol–water partition coefficient (Wildman–Crippen LogP) is 4.07. The lowest BCUT2D eigenvalue weighted by Gasteiger charge is -2.43. The number of thiophene rings is 1. The fourth-order valence-electron chi connectivity index (χ4n) is 4.25. The van der Waals surface area contributed by atoms with Gasteiger partial charge in [0.25, 0.3) is 0 Å². The maximum absolute atomic E-state index is 6.21. The van der Waals surface area contributed by atoms with Gasteiger partial charge in [0.05, 0.1) is 12.6 Å². The molecule has 5 nitrogen and oxygen atoms in total. The van der Waals surface area contributed by atoms with Gasteiger partial charge in [-0.15, -0.1) is 11.3 Å². The number of hydrogen-bond donors (Lipinski definition) is 0. The fraction of sp³-hybridized carbons (Fsp3) is 0.364. The van der Waals surface area contributed by atoms with Crippen LogP contribution in [0, 0.1) is 19.8 Å². The molecule has 6 heteroatoms. The average molecular weight is 393 g/mol. The Bertz CT molecular complexity index is 954. The molecule has 2 fully saturated rings. The minimum absolute atomic E-state index is 0.453. The number of fused-ring (bicyclic) bond motifs is 1. The van der Waals surface area contributed by atoms with Gasteiger partial charge in [-0.25, -0.2) is 9.97 Å². The molecular weight excluding hydrogens is 368 g/mol. The van der Waals surface area contributed by atoms with Gasteiger partial charge in [-0.1, -0.05) is 30.3 Å². The standard InChI is InChI=1S/C22H24N4OS/c1-15-10-16(2)24-22(23-15)26-12-18-11-25(13-20(18)26)27-14-17-6-3-4-7-19(17)21-8-5-9-28-21/h3-10,18,20H,11-14H2,1-2H3. The van der Waals surface area contributed by atoms with Crippen molar-refractivity contribution in [1.29, 1.82) is 0 Å². The topological polar surface area (TPSA) is 41.5 Å². The summed E-state index contributed by atoms with van der Waals surface area (Å²) in [5.74, 6) is 1.50. The summed E-state index contributed by atoms with van der Waals surface area (Å²) in [5, 5.41) is 4.25. The first-order chi connectivity index (χ1) is 13.7. The third-order valence-corrected chi connectivity index (χ3v) is 6.54. The average Bonchev–Trinajstić information content (AvgIpc) is 3.29. The SMILES string of the molecule is Cc1cc(C)nc(N2CC3CN(OCc4ccccc4-c4cccs4)CC32)n1. The number of anilines is 1. The predicted molar refractivity (Wildman–Crippen MR) is 112 cm³/mol. The normalized spacial score (nSPS) is 21.6. The molecule has 0 radical (unpaired) electrons. The van der Waals surface area contributed by atoms with Crippen LogP contribution in [-0.4, -0.2) is 40.7 Å². The molecule has 0 saturated carbocycles. The summed E-state index contributed by atoms with van der Waals surface area (Å²) in [6, 6.07) is 15.3. The highest BCUT2D eigenvalue weighted by Gasteiger charge is 2.47. The lowest BCUT2D eigenvalue weighted by Crippen LogP contribution is -2.56. The molecule has 2 aromatic heterocycles. The zero-order chi connectivity index (χ0) is 19.1. The second-order valence-electron chi connectivity index (χ2n) is 7.69. The van der Waals surface area contributed by atoms with Crippen molar-refractivity contribution >= 4 is 17.3 Å². The molecule has 0 spiro atoms. The second-order valence-corrected chi connectivity index (χ2v) is 8.63. The molecule has 2 aliphatic rings. The number of benzene rings is 1. The van der Waals surface area contributed by atoms with E-state index in [-0.39, 0.29) is 0 Å². The Kier molecular flexibility index (Phi) is 4.62. The van der Waals surface area contributed by atoms with Crippen LogP contribution in [0.15, 0.2) is 47.8 Å². The fourth-order valence-corrected chi connectivity index (χ4v) is 5.04. The lowest BCUT2D eigenvalue weighted by molar-refractivity contribution is -0.154. The van der Waals surface area contributed by atoms with E-state index in [0.29, 0.717) is 18.6 Å². The summed E-state index contributed by atoms with van der Waals surface area (Å²) >= 11 is 1.77. The van der Waals surface area contributed by atoms with Crippen LogP contribution in [0.1, 0.15) is 17.0 Å². The van der Waals surface area contributed by atoms with Gasteiger partial charge in [-0.2, -0.15) is 5.06 Å². The molecule has 0 bridgehead atoms. The molecule has 2 aliphatic heterocycles. The Balaban J connectivity index is 1.24. The number of aromatic nitrogens is 2. The van der Waals surface area contributed by atoms with Crippen molar-refractivity contribution < 1.29 is 4.84 Å². The van der Waals surface area contributed by atoms with Crippen LogP contribution in [0.4, 0.5) is 5.95 Å². The molecule has 2 unspecified atom stereocenters. The van der Waals surface area contributed by atoms with Crippen LogP contribution in [0.25, 0.3) is 10.4 Å². The molecule has 0 N–H and O–H groups in total. The zero-order valence-corrected chi connectivity index (χ0v) is 17.0. The largest absolute Gasteiger partial charge is 0.336 e. The van der Waals surface area contributed by atoms with Gasteiger partial charge < -0.3 is 4.90 Å². The van der Waals surface area contributed by atoms with Crippen LogP contribution in [0.3, 0.4) is 0 Å². The van der Waals surface area contributed by atoms with Crippen molar-refractivity contribution in [3.05, 3.63) is 64.8 Å². The molecule has 4 heterocycles.